The van der Waals surface area contributed by atoms with Gasteiger partial charge in [0.1, 0.15) is 17.5 Å². The summed E-state index contributed by atoms with van der Waals surface area (Å²) in [5.74, 6) is -0.0589. The molecule has 1 fully saturated rings. The van der Waals surface area contributed by atoms with Crippen molar-refractivity contribution in [1.29, 1.82) is 0 Å². The molecule has 34 heavy (non-hydrogen) atoms. The van der Waals surface area contributed by atoms with E-state index in [1.54, 1.807) is 12.4 Å². The number of carboxylic acid groups (broad SMARTS) is 1. The first kappa shape index (κ1) is 24.2. The Hall–Kier alpha value is -2.94. The van der Waals surface area contributed by atoms with Crippen molar-refractivity contribution in [3.8, 4) is 5.75 Å². The van der Waals surface area contributed by atoms with E-state index in [9.17, 15) is 23.1 Å². The van der Waals surface area contributed by atoms with Gasteiger partial charge in [0.2, 0.25) is 0 Å². The molecular formula is C24H25ClF3N3O3. The lowest BCUT2D eigenvalue weighted by Crippen LogP contribution is -2.54. The summed E-state index contributed by atoms with van der Waals surface area (Å²) in [5.41, 5.74) is 0.0437. The molecule has 2 heterocycles. The van der Waals surface area contributed by atoms with E-state index < -0.39 is 40.4 Å². The quantitative estimate of drug-likeness (QED) is 0.428. The maximum Gasteiger partial charge on any atom is 0.417 e. The van der Waals surface area contributed by atoms with Gasteiger partial charge >= 0.3 is 12.3 Å². The minimum Gasteiger partial charge on any atom is -0.489 e. The number of imidazole rings is 1. The number of carbonyl (C=O) groups is 1. The summed E-state index contributed by atoms with van der Waals surface area (Å²) in [7, 11) is 0. The van der Waals surface area contributed by atoms with Gasteiger partial charge in [-0.3, -0.25) is 4.90 Å². The van der Waals surface area contributed by atoms with Crippen LogP contribution in [0.1, 0.15) is 50.8 Å². The number of alkyl halides is 3. The molecule has 10 heteroatoms. The van der Waals surface area contributed by atoms with E-state index >= 15 is 0 Å². The van der Waals surface area contributed by atoms with E-state index in [1.165, 1.54) is 17.0 Å². The zero-order valence-electron chi connectivity index (χ0n) is 18.9. The minimum atomic E-state index is -4.59. The standard InChI is InChI=1S/C24H25ClF3N3O3/c1-23(2,3)20(16-6-5-10-30-11-9-29-21(16)30)31(22(32)33)14-12-15(13-14)34-18-8-4-7-17(19(18)25)24(26,27)28/h4-11,14-15,20H,12-13H2,1-3H3,(H,32,33). The summed E-state index contributed by atoms with van der Waals surface area (Å²) in [6.07, 6.45) is -0.128. The van der Waals surface area contributed by atoms with E-state index in [0.717, 1.165) is 11.6 Å². The number of amides is 1. The number of benzene rings is 1. The number of fused-ring (bicyclic) bond motifs is 1. The van der Waals surface area contributed by atoms with Gasteiger partial charge in [0, 0.05) is 43.0 Å². The SMILES string of the molecule is CC(C)(C)C(c1cccn2ccnc12)N(C(=O)O)C1CC(Oc2cccc(C(F)(F)F)c2Cl)C1. The fraction of sp³-hybridized carbons (Fsp3) is 0.417. The molecule has 1 amide bonds. The van der Waals surface area contributed by atoms with Crippen molar-refractivity contribution in [3.05, 3.63) is 65.1 Å². The highest BCUT2D eigenvalue weighted by Gasteiger charge is 2.46. The molecule has 0 radical (unpaired) electrons. The van der Waals surface area contributed by atoms with Crippen LogP contribution in [0.2, 0.25) is 5.02 Å². The lowest BCUT2D eigenvalue weighted by atomic mass is 9.78. The first-order valence-corrected chi connectivity index (χ1v) is 11.2. The number of ether oxygens (including phenoxy) is 1. The Balaban J connectivity index is 1.58. The number of rotatable bonds is 5. The molecule has 1 saturated carbocycles. The van der Waals surface area contributed by atoms with Crippen LogP contribution in [0.5, 0.6) is 5.75 Å². The fourth-order valence-electron chi connectivity index (χ4n) is 4.56. The van der Waals surface area contributed by atoms with Crippen molar-refractivity contribution in [1.82, 2.24) is 14.3 Å². The molecule has 0 spiro atoms. The van der Waals surface area contributed by atoms with Crippen LogP contribution in [0.4, 0.5) is 18.0 Å². The molecule has 1 atom stereocenters. The second kappa shape index (κ2) is 8.69. The Morgan fingerprint density at radius 2 is 1.91 bits per heavy atom. The smallest absolute Gasteiger partial charge is 0.417 e. The molecule has 0 saturated heterocycles. The number of nitrogens with zero attached hydrogens (tertiary/aromatic N) is 3. The minimum absolute atomic E-state index is 0.0589. The van der Waals surface area contributed by atoms with Crippen molar-refractivity contribution in [2.24, 2.45) is 5.41 Å². The third-order valence-electron chi connectivity index (χ3n) is 6.09. The second-order valence-corrected chi connectivity index (χ2v) is 9.94. The van der Waals surface area contributed by atoms with Crippen molar-refractivity contribution < 1.29 is 27.8 Å². The summed E-state index contributed by atoms with van der Waals surface area (Å²) in [4.78, 5) is 18.3. The maximum atomic E-state index is 13.1. The van der Waals surface area contributed by atoms with Crippen LogP contribution in [0.3, 0.4) is 0 Å². The highest BCUT2D eigenvalue weighted by Crippen LogP contribution is 2.45. The number of pyridine rings is 1. The molecule has 1 N–H and O–H groups in total. The Bertz CT molecular complexity index is 1200. The van der Waals surface area contributed by atoms with Crippen LogP contribution < -0.4 is 4.74 Å². The average Bonchev–Trinajstić information content (AvgIpc) is 3.17. The molecule has 1 unspecified atom stereocenters. The zero-order chi connectivity index (χ0) is 24.8. The molecule has 1 aliphatic rings. The van der Waals surface area contributed by atoms with Gasteiger partial charge < -0.3 is 14.2 Å². The lowest BCUT2D eigenvalue weighted by Gasteiger charge is -2.48. The summed E-state index contributed by atoms with van der Waals surface area (Å²) in [6.45, 7) is 5.90. The highest BCUT2D eigenvalue weighted by molar-refractivity contribution is 6.32. The van der Waals surface area contributed by atoms with Gasteiger partial charge in [0.05, 0.1) is 16.6 Å². The van der Waals surface area contributed by atoms with E-state index in [4.69, 9.17) is 16.3 Å². The van der Waals surface area contributed by atoms with Crippen LogP contribution in [-0.4, -0.2) is 37.6 Å². The van der Waals surface area contributed by atoms with E-state index in [1.807, 2.05) is 43.5 Å². The van der Waals surface area contributed by atoms with Crippen LogP contribution >= 0.6 is 11.6 Å². The summed E-state index contributed by atoms with van der Waals surface area (Å²) in [6, 6.07) is 6.39. The average molecular weight is 496 g/mol. The van der Waals surface area contributed by atoms with E-state index in [-0.39, 0.29) is 11.8 Å². The number of aromatic nitrogens is 2. The van der Waals surface area contributed by atoms with Gasteiger partial charge in [0.15, 0.2) is 0 Å². The van der Waals surface area contributed by atoms with Gasteiger partial charge in [-0.15, -0.1) is 0 Å². The molecular weight excluding hydrogens is 471 g/mol. The van der Waals surface area contributed by atoms with Gasteiger partial charge in [0.25, 0.3) is 0 Å². The fourth-order valence-corrected chi connectivity index (χ4v) is 4.83. The highest BCUT2D eigenvalue weighted by atomic mass is 35.5. The number of hydrogen-bond donors (Lipinski definition) is 1. The van der Waals surface area contributed by atoms with Gasteiger partial charge in [-0.2, -0.15) is 13.2 Å². The molecule has 4 rings (SSSR count). The van der Waals surface area contributed by atoms with Crippen molar-refractivity contribution in [3.63, 3.8) is 0 Å². The first-order chi connectivity index (χ1) is 15.9. The maximum absolute atomic E-state index is 13.1. The van der Waals surface area contributed by atoms with Crippen LogP contribution in [-0.2, 0) is 6.18 Å². The topological polar surface area (TPSA) is 67.1 Å². The van der Waals surface area contributed by atoms with Crippen LogP contribution in [0.15, 0.2) is 48.9 Å². The molecule has 1 aliphatic carbocycles. The summed E-state index contributed by atoms with van der Waals surface area (Å²) in [5, 5.41) is 9.69. The molecule has 2 aromatic heterocycles. The molecule has 1 aromatic carbocycles. The monoisotopic (exact) mass is 495 g/mol. The Labute approximate surface area is 199 Å². The lowest BCUT2D eigenvalue weighted by molar-refractivity contribution is -0.137. The van der Waals surface area contributed by atoms with Gasteiger partial charge in [-0.1, -0.05) is 44.5 Å². The number of halogens is 4. The first-order valence-electron chi connectivity index (χ1n) is 10.8. The van der Waals surface area contributed by atoms with E-state index in [2.05, 4.69) is 4.98 Å². The third-order valence-corrected chi connectivity index (χ3v) is 6.48. The molecule has 6 nitrogen and oxygen atoms in total. The zero-order valence-corrected chi connectivity index (χ0v) is 19.6. The normalized spacial score (nSPS) is 19.5. The Kier molecular flexibility index (Phi) is 6.18. The molecule has 3 aromatic rings. The summed E-state index contributed by atoms with van der Waals surface area (Å²) < 4.78 is 47.0. The van der Waals surface area contributed by atoms with Crippen molar-refractivity contribution in [2.75, 3.05) is 0 Å². The van der Waals surface area contributed by atoms with E-state index in [0.29, 0.717) is 18.5 Å². The van der Waals surface area contributed by atoms with Crippen LogP contribution in [0.25, 0.3) is 5.65 Å². The largest absolute Gasteiger partial charge is 0.489 e. The van der Waals surface area contributed by atoms with Crippen molar-refractivity contribution in [2.45, 2.75) is 58.0 Å². The van der Waals surface area contributed by atoms with Crippen molar-refractivity contribution >= 4 is 23.3 Å². The number of hydrogen-bond acceptors (Lipinski definition) is 3. The van der Waals surface area contributed by atoms with Gasteiger partial charge in [-0.05, 0) is 23.6 Å². The second-order valence-electron chi connectivity index (χ2n) is 9.56. The molecule has 0 aliphatic heterocycles. The summed E-state index contributed by atoms with van der Waals surface area (Å²) >= 11 is 5.94. The predicted octanol–water partition coefficient (Wildman–Crippen LogP) is 6.68. The Morgan fingerprint density at radius 1 is 1.21 bits per heavy atom. The van der Waals surface area contributed by atoms with Gasteiger partial charge in [-0.25, -0.2) is 9.78 Å². The predicted molar refractivity (Wildman–Crippen MR) is 121 cm³/mol. The molecule has 0 bridgehead atoms. The third kappa shape index (κ3) is 4.53. The van der Waals surface area contributed by atoms with Crippen LogP contribution in [0, 0.1) is 5.41 Å². The Morgan fingerprint density at radius 3 is 2.53 bits per heavy atom. The molecule has 182 valence electrons.